The van der Waals surface area contributed by atoms with Crippen LogP contribution in [0.5, 0.6) is 0 Å². The summed E-state index contributed by atoms with van der Waals surface area (Å²) in [5.41, 5.74) is 6.07. The number of carbonyl (C=O) groups excluding carboxylic acids is 1. The summed E-state index contributed by atoms with van der Waals surface area (Å²) in [6.07, 6.45) is 3.32. The van der Waals surface area contributed by atoms with Crippen LogP contribution in [0, 0.1) is 40.9 Å². The molecule has 4 aliphatic rings. The van der Waals surface area contributed by atoms with Crippen molar-refractivity contribution in [1.29, 1.82) is 0 Å². The minimum atomic E-state index is -1.28. The van der Waals surface area contributed by atoms with Crippen molar-refractivity contribution in [3.05, 3.63) is 0 Å². The van der Waals surface area contributed by atoms with Gasteiger partial charge in [-0.25, -0.2) is 0 Å². The highest BCUT2D eigenvalue weighted by Crippen LogP contribution is 2.70. The molecular weight excluding hydrogens is 320 g/mol. The highest BCUT2D eigenvalue weighted by molar-refractivity contribution is 5.65. The molecular formula is C19H32N2O4. The van der Waals surface area contributed by atoms with E-state index in [2.05, 4.69) is 20.8 Å². The third-order valence-corrected chi connectivity index (χ3v) is 7.99. The third-order valence-electron chi connectivity index (χ3n) is 7.99. The maximum absolute atomic E-state index is 11.4. The first-order valence-electron chi connectivity index (χ1n) is 9.80. The molecule has 1 saturated heterocycles. The van der Waals surface area contributed by atoms with Crippen molar-refractivity contribution < 1.29 is 19.5 Å². The Morgan fingerprint density at radius 1 is 1.32 bits per heavy atom. The standard InChI is InChI=1S/C19H32N2O4/c1-9-7-13-15(14(9)8-21(18(20)23)25-12(4)22)10(2)19(5-6-19)11(3)16-17(13)24-16/h9-11,13-18,23H,5-8,20H2,1-4H3/t9?,10?,11-,13?,14?,15?,16?,17?,18?/m1/s1. The summed E-state index contributed by atoms with van der Waals surface area (Å²) in [7, 11) is 0. The van der Waals surface area contributed by atoms with Gasteiger partial charge < -0.3 is 14.7 Å². The molecule has 9 atom stereocenters. The number of epoxide rings is 1. The third kappa shape index (κ3) is 2.73. The molecule has 1 heterocycles. The Hall–Kier alpha value is -0.690. The van der Waals surface area contributed by atoms with Crippen molar-refractivity contribution in [2.24, 2.45) is 46.7 Å². The molecule has 0 amide bonds. The van der Waals surface area contributed by atoms with Crippen LogP contribution in [0.4, 0.5) is 0 Å². The molecule has 0 aromatic carbocycles. The van der Waals surface area contributed by atoms with Crippen LogP contribution >= 0.6 is 0 Å². The lowest BCUT2D eigenvalue weighted by Gasteiger charge is -2.38. The first-order chi connectivity index (χ1) is 11.8. The van der Waals surface area contributed by atoms with E-state index in [9.17, 15) is 9.90 Å². The molecule has 0 radical (unpaired) electrons. The molecule has 3 N–H and O–H groups in total. The number of nitrogens with two attached hydrogens (primary N) is 1. The van der Waals surface area contributed by atoms with Crippen LogP contribution in [-0.2, 0) is 14.4 Å². The highest BCUT2D eigenvalue weighted by Gasteiger charge is 2.68. The smallest absolute Gasteiger partial charge is 0.322 e. The van der Waals surface area contributed by atoms with Crippen LogP contribution in [0.2, 0.25) is 0 Å². The number of fused-ring (bicyclic) bond motifs is 3. The fourth-order valence-corrected chi connectivity index (χ4v) is 6.49. The monoisotopic (exact) mass is 352 g/mol. The van der Waals surface area contributed by atoms with Crippen molar-refractivity contribution >= 4 is 5.97 Å². The van der Waals surface area contributed by atoms with E-state index in [4.69, 9.17) is 15.3 Å². The Morgan fingerprint density at radius 2 is 2.00 bits per heavy atom. The minimum Gasteiger partial charge on any atom is -0.369 e. The maximum Gasteiger partial charge on any atom is 0.322 e. The second-order valence-electron chi connectivity index (χ2n) is 9.09. The van der Waals surface area contributed by atoms with Gasteiger partial charge in [0, 0.05) is 13.5 Å². The summed E-state index contributed by atoms with van der Waals surface area (Å²) in [5, 5.41) is 11.1. The lowest BCUT2D eigenvalue weighted by atomic mass is 9.69. The number of hydrogen-bond donors (Lipinski definition) is 2. The van der Waals surface area contributed by atoms with Gasteiger partial charge in [0.15, 0.2) is 6.35 Å². The number of rotatable bonds is 4. The average Bonchev–Trinajstić information content (AvgIpc) is 3.42. The minimum absolute atomic E-state index is 0.352. The summed E-state index contributed by atoms with van der Waals surface area (Å²) >= 11 is 0. The number of aliphatic hydroxyl groups excluding tert-OH is 1. The molecule has 142 valence electrons. The summed E-state index contributed by atoms with van der Waals surface area (Å²) < 4.78 is 6.15. The van der Waals surface area contributed by atoms with Crippen molar-refractivity contribution in [3.63, 3.8) is 0 Å². The molecule has 6 nitrogen and oxygen atoms in total. The molecule has 0 aromatic heterocycles. The van der Waals surface area contributed by atoms with Crippen molar-refractivity contribution in [2.45, 2.75) is 65.5 Å². The molecule has 1 aliphatic heterocycles. The number of ether oxygens (including phenoxy) is 1. The average molecular weight is 352 g/mol. The van der Waals surface area contributed by atoms with Gasteiger partial charge in [0.25, 0.3) is 0 Å². The Labute approximate surface area is 150 Å². The molecule has 1 spiro atoms. The molecule has 0 bridgehead atoms. The van der Waals surface area contributed by atoms with Gasteiger partial charge in [0.2, 0.25) is 0 Å². The topological polar surface area (TPSA) is 88.3 Å². The number of carbonyl (C=O) groups is 1. The predicted octanol–water partition coefficient (Wildman–Crippen LogP) is 1.72. The summed E-state index contributed by atoms with van der Waals surface area (Å²) in [6.45, 7) is 8.91. The van der Waals surface area contributed by atoms with Gasteiger partial charge in [0.05, 0.1) is 12.2 Å². The summed E-state index contributed by atoms with van der Waals surface area (Å²) in [6, 6.07) is 0. The zero-order chi connectivity index (χ0) is 18.1. The van der Waals surface area contributed by atoms with Gasteiger partial charge in [0.1, 0.15) is 0 Å². The van der Waals surface area contributed by atoms with E-state index in [1.54, 1.807) is 0 Å². The molecule has 8 unspecified atom stereocenters. The van der Waals surface area contributed by atoms with E-state index in [1.165, 1.54) is 24.8 Å². The molecule has 25 heavy (non-hydrogen) atoms. The summed E-state index contributed by atoms with van der Waals surface area (Å²) in [4.78, 5) is 16.6. The van der Waals surface area contributed by atoms with Gasteiger partial charge in [-0.15, -0.1) is 0 Å². The van der Waals surface area contributed by atoms with Crippen molar-refractivity contribution in [3.8, 4) is 0 Å². The number of hydroxylamine groups is 2. The second kappa shape index (κ2) is 5.91. The lowest BCUT2D eigenvalue weighted by Crippen LogP contribution is -2.47. The Kier molecular flexibility index (Phi) is 4.19. The van der Waals surface area contributed by atoms with Gasteiger partial charge in [-0.05, 0) is 60.2 Å². The van der Waals surface area contributed by atoms with Gasteiger partial charge in [-0.1, -0.05) is 25.8 Å². The van der Waals surface area contributed by atoms with Crippen molar-refractivity contribution in [2.75, 3.05) is 6.54 Å². The zero-order valence-corrected chi connectivity index (χ0v) is 15.7. The highest BCUT2D eigenvalue weighted by atomic mass is 16.7. The van der Waals surface area contributed by atoms with Crippen LogP contribution < -0.4 is 5.73 Å². The largest absolute Gasteiger partial charge is 0.369 e. The van der Waals surface area contributed by atoms with Gasteiger partial charge >= 0.3 is 5.97 Å². The fraction of sp³-hybridized carbons (Fsp3) is 0.947. The number of nitrogens with zero attached hydrogens (tertiary/aromatic N) is 1. The zero-order valence-electron chi connectivity index (χ0n) is 15.7. The molecule has 3 saturated carbocycles. The van der Waals surface area contributed by atoms with E-state index in [1.807, 2.05) is 0 Å². The summed E-state index contributed by atoms with van der Waals surface area (Å²) in [5.74, 6) is 2.80. The second-order valence-corrected chi connectivity index (χ2v) is 9.09. The fourth-order valence-electron chi connectivity index (χ4n) is 6.49. The van der Waals surface area contributed by atoms with Gasteiger partial charge in [-0.3, -0.25) is 10.5 Å². The van der Waals surface area contributed by atoms with E-state index in [0.29, 0.717) is 59.7 Å². The SMILES string of the molecule is CC(=O)ON(CC1C(C)CC2C3OC3[C@@H](C)C3(CC3)C(C)C12)C(N)O. The number of hydrogen-bond acceptors (Lipinski definition) is 6. The molecule has 0 aromatic rings. The first-order valence-corrected chi connectivity index (χ1v) is 9.80. The Balaban J connectivity index is 1.59. The number of aliphatic hydroxyl groups is 1. The normalized spacial score (nSPS) is 47.8. The van der Waals surface area contributed by atoms with Crippen molar-refractivity contribution in [1.82, 2.24) is 5.06 Å². The first kappa shape index (κ1) is 17.7. The molecule has 4 fully saturated rings. The lowest BCUT2D eigenvalue weighted by molar-refractivity contribution is -0.237. The van der Waals surface area contributed by atoms with Crippen LogP contribution in [0.3, 0.4) is 0 Å². The maximum atomic E-state index is 11.4. The molecule has 3 aliphatic carbocycles. The van der Waals surface area contributed by atoms with Crippen LogP contribution in [0.1, 0.15) is 47.0 Å². The van der Waals surface area contributed by atoms with E-state index < -0.39 is 12.3 Å². The Bertz CT molecular complexity index is 550. The quantitative estimate of drug-likeness (QED) is 0.455. The van der Waals surface area contributed by atoms with E-state index >= 15 is 0 Å². The van der Waals surface area contributed by atoms with Crippen LogP contribution in [0.15, 0.2) is 0 Å². The Morgan fingerprint density at radius 3 is 2.56 bits per heavy atom. The van der Waals surface area contributed by atoms with Crippen LogP contribution in [-0.4, -0.2) is 41.2 Å². The predicted molar refractivity (Wildman–Crippen MR) is 91.6 cm³/mol. The molecule has 4 rings (SSSR count). The molecule has 6 heteroatoms. The van der Waals surface area contributed by atoms with Gasteiger partial charge in [-0.2, -0.15) is 0 Å². The van der Waals surface area contributed by atoms with Crippen LogP contribution in [0.25, 0.3) is 0 Å². The van der Waals surface area contributed by atoms with E-state index in [0.717, 1.165) is 6.42 Å². The van der Waals surface area contributed by atoms with E-state index in [-0.39, 0.29) is 0 Å².